The van der Waals surface area contributed by atoms with E-state index in [0.29, 0.717) is 12.3 Å². The van der Waals surface area contributed by atoms with E-state index in [4.69, 9.17) is 10.5 Å². The lowest BCUT2D eigenvalue weighted by Crippen LogP contribution is -2.07. The summed E-state index contributed by atoms with van der Waals surface area (Å²) in [4.78, 5) is 0. The van der Waals surface area contributed by atoms with Crippen LogP contribution in [0, 0.1) is 6.07 Å². The minimum Gasteiger partial charge on any atom is -0.488 e. The maximum absolute atomic E-state index is 11.7. The van der Waals surface area contributed by atoms with Gasteiger partial charge in [-0.15, -0.1) is 0 Å². The van der Waals surface area contributed by atoms with Crippen molar-refractivity contribution in [2.45, 2.75) is 13.0 Å². The molecule has 0 aliphatic rings. The van der Waals surface area contributed by atoms with Gasteiger partial charge >= 0.3 is 0 Å². The van der Waals surface area contributed by atoms with Crippen molar-refractivity contribution in [1.82, 2.24) is 0 Å². The Hall–Kier alpha value is -1.16. The molecule has 1 radical (unpaired) electrons. The fourth-order valence-electron chi connectivity index (χ4n) is 0.857. The van der Waals surface area contributed by atoms with Gasteiger partial charge in [-0.05, 0) is 29.8 Å². The van der Waals surface area contributed by atoms with E-state index in [1.807, 2.05) is 0 Å². The van der Waals surface area contributed by atoms with Crippen LogP contribution in [0.15, 0.2) is 18.2 Å². The lowest BCUT2D eigenvalue weighted by molar-refractivity contribution is 0.0818. The SMILES string of the molecule is NCc1c[c]cc(OCC(F)F)c1. The van der Waals surface area contributed by atoms with Gasteiger partial charge in [0, 0.05) is 6.54 Å². The van der Waals surface area contributed by atoms with Crippen LogP contribution in [0.2, 0.25) is 0 Å². The summed E-state index contributed by atoms with van der Waals surface area (Å²) >= 11 is 0. The molecular weight excluding hydrogens is 176 g/mol. The molecule has 0 aliphatic heterocycles. The van der Waals surface area contributed by atoms with Gasteiger partial charge in [0.25, 0.3) is 6.43 Å². The molecule has 0 unspecified atom stereocenters. The Morgan fingerprint density at radius 1 is 1.46 bits per heavy atom. The first-order chi connectivity index (χ1) is 6.22. The normalized spacial score (nSPS) is 10.5. The monoisotopic (exact) mass is 186 g/mol. The van der Waals surface area contributed by atoms with E-state index in [0.717, 1.165) is 5.56 Å². The fraction of sp³-hybridized carbons (Fsp3) is 0.333. The van der Waals surface area contributed by atoms with Crippen molar-refractivity contribution in [2.75, 3.05) is 6.61 Å². The number of ether oxygens (including phenoxy) is 1. The molecule has 2 N–H and O–H groups in total. The van der Waals surface area contributed by atoms with Gasteiger partial charge in [-0.3, -0.25) is 0 Å². The predicted molar refractivity (Wildman–Crippen MR) is 44.7 cm³/mol. The number of hydrogen-bond acceptors (Lipinski definition) is 2. The third kappa shape index (κ3) is 3.38. The Labute approximate surface area is 75.3 Å². The summed E-state index contributed by atoms with van der Waals surface area (Å²) in [5, 5.41) is 0. The number of rotatable bonds is 4. The summed E-state index contributed by atoms with van der Waals surface area (Å²) in [6.45, 7) is -0.246. The molecular formula is C9H10F2NO. The molecule has 1 rings (SSSR count). The third-order valence-electron chi connectivity index (χ3n) is 1.43. The average Bonchev–Trinajstić information content (AvgIpc) is 2.15. The topological polar surface area (TPSA) is 35.2 Å². The van der Waals surface area contributed by atoms with Crippen LogP contribution in [0.5, 0.6) is 5.75 Å². The zero-order valence-electron chi connectivity index (χ0n) is 6.97. The van der Waals surface area contributed by atoms with E-state index in [1.54, 1.807) is 12.1 Å². The van der Waals surface area contributed by atoms with Crippen molar-refractivity contribution in [1.29, 1.82) is 0 Å². The Bertz CT molecular complexity index is 266. The van der Waals surface area contributed by atoms with Gasteiger partial charge in [0.1, 0.15) is 12.4 Å². The van der Waals surface area contributed by atoms with E-state index in [1.165, 1.54) is 6.07 Å². The number of benzene rings is 1. The van der Waals surface area contributed by atoms with Crippen molar-refractivity contribution < 1.29 is 13.5 Å². The van der Waals surface area contributed by atoms with Gasteiger partial charge in [-0.25, -0.2) is 8.78 Å². The molecule has 1 aromatic carbocycles. The molecule has 1 aromatic rings. The van der Waals surface area contributed by atoms with Crippen molar-refractivity contribution in [2.24, 2.45) is 5.73 Å². The number of nitrogens with two attached hydrogens (primary N) is 1. The maximum atomic E-state index is 11.7. The Morgan fingerprint density at radius 3 is 2.85 bits per heavy atom. The summed E-state index contributed by atoms with van der Waals surface area (Å²) in [7, 11) is 0. The van der Waals surface area contributed by atoms with Crippen molar-refractivity contribution in [3.8, 4) is 5.75 Å². The second-order valence-electron chi connectivity index (χ2n) is 2.48. The van der Waals surface area contributed by atoms with Crippen LogP contribution in [-0.2, 0) is 6.54 Å². The molecule has 0 aliphatic carbocycles. The highest BCUT2D eigenvalue weighted by atomic mass is 19.3. The van der Waals surface area contributed by atoms with E-state index in [2.05, 4.69) is 6.07 Å². The molecule has 0 heterocycles. The summed E-state index contributed by atoms with van der Waals surface area (Å²) < 4.78 is 28.3. The molecule has 0 atom stereocenters. The van der Waals surface area contributed by atoms with E-state index in [-0.39, 0.29) is 0 Å². The number of alkyl halides is 2. The van der Waals surface area contributed by atoms with Crippen LogP contribution in [-0.4, -0.2) is 13.0 Å². The fourth-order valence-corrected chi connectivity index (χ4v) is 0.857. The van der Waals surface area contributed by atoms with Crippen LogP contribution in [0.4, 0.5) is 8.78 Å². The second kappa shape index (κ2) is 4.77. The molecule has 0 spiro atoms. The van der Waals surface area contributed by atoms with Crippen molar-refractivity contribution in [3.05, 3.63) is 29.8 Å². The lowest BCUT2D eigenvalue weighted by atomic mass is 10.2. The largest absolute Gasteiger partial charge is 0.488 e. The first kappa shape index (κ1) is 9.92. The Morgan fingerprint density at radius 2 is 2.23 bits per heavy atom. The van der Waals surface area contributed by atoms with Crippen LogP contribution in [0.25, 0.3) is 0 Å². The summed E-state index contributed by atoms with van der Waals surface area (Å²) in [5.41, 5.74) is 6.16. The van der Waals surface area contributed by atoms with E-state index < -0.39 is 13.0 Å². The smallest absolute Gasteiger partial charge is 0.272 e. The number of hydrogen-bond donors (Lipinski definition) is 1. The Kier molecular flexibility index (Phi) is 3.64. The lowest BCUT2D eigenvalue weighted by Gasteiger charge is -2.05. The standard InChI is InChI=1S/C9H10F2NO/c10-9(11)6-13-8-3-1-2-7(4-8)5-12/h2-4,9H,5-6,12H2. The van der Waals surface area contributed by atoms with Crippen molar-refractivity contribution in [3.63, 3.8) is 0 Å². The molecule has 0 saturated carbocycles. The molecule has 4 heteroatoms. The highest BCUT2D eigenvalue weighted by molar-refractivity contribution is 5.27. The molecule has 0 saturated heterocycles. The molecule has 0 amide bonds. The Balaban J connectivity index is 2.56. The molecule has 2 nitrogen and oxygen atoms in total. The van der Waals surface area contributed by atoms with Crippen LogP contribution in [0.1, 0.15) is 5.56 Å². The average molecular weight is 186 g/mol. The first-order valence-corrected chi connectivity index (χ1v) is 3.83. The van der Waals surface area contributed by atoms with Crippen LogP contribution >= 0.6 is 0 Å². The zero-order valence-corrected chi connectivity index (χ0v) is 6.97. The summed E-state index contributed by atoms with van der Waals surface area (Å²) in [6.07, 6.45) is -2.46. The number of halogens is 2. The maximum Gasteiger partial charge on any atom is 0.272 e. The first-order valence-electron chi connectivity index (χ1n) is 3.83. The molecule has 71 valence electrons. The molecule has 13 heavy (non-hydrogen) atoms. The quantitative estimate of drug-likeness (QED) is 0.774. The van der Waals surface area contributed by atoms with Gasteiger partial charge in [0.05, 0.1) is 0 Å². The van der Waals surface area contributed by atoms with Crippen molar-refractivity contribution >= 4 is 0 Å². The molecule has 0 aromatic heterocycles. The minimum absolute atomic E-state index is 0.350. The van der Waals surface area contributed by atoms with E-state index in [9.17, 15) is 8.78 Å². The van der Waals surface area contributed by atoms with Crippen LogP contribution in [0.3, 0.4) is 0 Å². The van der Waals surface area contributed by atoms with Gasteiger partial charge in [-0.1, -0.05) is 0 Å². The minimum atomic E-state index is -2.46. The highest BCUT2D eigenvalue weighted by Gasteiger charge is 2.03. The second-order valence-corrected chi connectivity index (χ2v) is 2.48. The summed E-state index contributed by atoms with van der Waals surface area (Å²) in [5.74, 6) is 0.378. The van der Waals surface area contributed by atoms with Crippen LogP contribution < -0.4 is 10.5 Å². The molecule has 0 bridgehead atoms. The van der Waals surface area contributed by atoms with Gasteiger partial charge in [-0.2, -0.15) is 0 Å². The van der Waals surface area contributed by atoms with E-state index >= 15 is 0 Å². The zero-order chi connectivity index (χ0) is 9.68. The van der Waals surface area contributed by atoms with Gasteiger partial charge < -0.3 is 10.5 Å². The third-order valence-corrected chi connectivity index (χ3v) is 1.43. The molecule has 0 fully saturated rings. The van der Waals surface area contributed by atoms with Gasteiger partial charge in [0.2, 0.25) is 0 Å². The van der Waals surface area contributed by atoms with Gasteiger partial charge in [0.15, 0.2) is 0 Å². The summed E-state index contributed by atoms with van der Waals surface area (Å²) in [6, 6.07) is 7.57. The predicted octanol–water partition coefficient (Wildman–Crippen LogP) is 1.59. The highest BCUT2D eigenvalue weighted by Crippen LogP contribution is 2.13.